The van der Waals surface area contributed by atoms with Crippen molar-refractivity contribution < 1.29 is 14.8 Å². The monoisotopic (exact) mass is 291 g/mol. The molecular formula is C12H13N5O4. The molecule has 0 spiro atoms. The predicted molar refractivity (Wildman–Crippen MR) is 73.8 cm³/mol. The average Bonchev–Trinajstić information content (AvgIpc) is 2.89. The molecule has 0 unspecified atom stereocenters. The molecule has 0 aliphatic rings. The molecule has 0 saturated heterocycles. The predicted octanol–water partition coefficient (Wildman–Crippen LogP) is 1.70. The minimum atomic E-state index is -1.19. The number of carboxylic acid groups (broad SMARTS) is 1. The molecule has 0 fully saturated rings. The largest absolute Gasteiger partial charge is 0.476 e. The van der Waals surface area contributed by atoms with E-state index >= 15 is 0 Å². The Hall–Kier alpha value is -2.97. The maximum absolute atomic E-state index is 11.1. The van der Waals surface area contributed by atoms with E-state index in [1.807, 2.05) is 6.92 Å². The number of carbonyl (C=O) groups is 1. The normalized spacial score (nSPS) is 10.3. The summed E-state index contributed by atoms with van der Waals surface area (Å²) in [6.07, 6.45) is 0.809. The second kappa shape index (κ2) is 5.99. The van der Waals surface area contributed by atoms with Gasteiger partial charge in [0, 0.05) is 18.7 Å². The molecule has 2 aromatic rings. The van der Waals surface area contributed by atoms with Gasteiger partial charge in [-0.3, -0.25) is 10.1 Å². The molecule has 0 radical (unpaired) electrons. The van der Waals surface area contributed by atoms with Crippen LogP contribution in [0.15, 0.2) is 24.3 Å². The van der Waals surface area contributed by atoms with Crippen molar-refractivity contribution >= 4 is 17.5 Å². The van der Waals surface area contributed by atoms with E-state index in [1.54, 1.807) is 0 Å². The highest BCUT2D eigenvalue weighted by Gasteiger charge is 2.18. The number of aromatic nitrogens is 3. The highest BCUT2D eigenvalue weighted by molar-refractivity contribution is 5.90. The molecule has 0 aliphatic heterocycles. The van der Waals surface area contributed by atoms with Crippen molar-refractivity contribution in [3.05, 3.63) is 40.1 Å². The first-order valence-corrected chi connectivity index (χ1v) is 6.22. The third-order valence-electron chi connectivity index (χ3n) is 2.65. The van der Waals surface area contributed by atoms with Gasteiger partial charge < -0.3 is 10.4 Å². The van der Waals surface area contributed by atoms with Crippen LogP contribution in [0.25, 0.3) is 5.69 Å². The van der Waals surface area contributed by atoms with Crippen LogP contribution in [0.5, 0.6) is 0 Å². The van der Waals surface area contributed by atoms with Gasteiger partial charge in [-0.2, -0.15) is 0 Å². The molecule has 9 nitrogen and oxygen atoms in total. The summed E-state index contributed by atoms with van der Waals surface area (Å²) in [7, 11) is 0. The molecule has 0 amide bonds. The Kier molecular flexibility index (Phi) is 4.12. The molecule has 1 aromatic heterocycles. The first-order valence-electron chi connectivity index (χ1n) is 6.22. The van der Waals surface area contributed by atoms with Gasteiger partial charge in [-0.1, -0.05) is 6.92 Å². The molecule has 110 valence electrons. The third kappa shape index (κ3) is 3.14. The number of hydrogen-bond donors (Lipinski definition) is 2. The Morgan fingerprint density at radius 3 is 2.57 bits per heavy atom. The number of anilines is 1. The Labute approximate surface area is 119 Å². The van der Waals surface area contributed by atoms with Crippen LogP contribution in [0.3, 0.4) is 0 Å². The van der Waals surface area contributed by atoms with Crippen LogP contribution < -0.4 is 5.32 Å². The lowest BCUT2D eigenvalue weighted by atomic mass is 10.3. The molecule has 0 aliphatic carbocycles. The van der Waals surface area contributed by atoms with E-state index in [4.69, 9.17) is 5.11 Å². The van der Waals surface area contributed by atoms with Gasteiger partial charge >= 0.3 is 5.97 Å². The van der Waals surface area contributed by atoms with Crippen molar-refractivity contribution in [3.63, 3.8) is 0 Å². The highest BCUT2D eigenvalue weighted by atomic mass is 16.6. The minimum Gasteiger partial charge on any atom is -0.476 e. The summed E-state index contributed by atoms with van der Waals surface area (Å²) in [5.74, 6) is -1.02. The Bertz CT molecular complexity index is 665. The van der Waals surface area contributed by atoms with Crippen LogP contribution in [0.1, 0.15) is 23.8 Å². The van der Waals surface area contributed by atoms with Crippen LogP contribution in [0.4, 0.5) is 11.5 Å². The number of nitrogens with zero attached hydrogens (tertiary/aromatic N) is 4. The fourth-order valence-corrected chi connectivity index (χ4v) is 1.64. The standard InChI is InChI=1S/C12H13N5O4/c1-2-7-13-11-10(12(18)19)14-16(15-11)8-3-5-9(6-4-8)17(20)21/h3-6H,2,7H2,1H3,(H,13,15)(H,18,19). The van der Waals surface area contributed by atoms with E-state index in [2.05, 4.69) is 15.5 Å². The number of carboxylic acids is 1. The molecule has 9 heteroatoms. The van der Waals surface area contributed by atoms with Crippen molar-refractivity contribution in [3.8, 4) is 5.69 Å². The molecule has 1 aromatic carbocycles. The number of nitro benzene ring substituents is 1. The first-order chi connectivity index (χ1) is 10.0. The Balaban J connectivity index is 2.35. The molecule has 0 atom stereocenters. The molecule has 2 N–H and O–H groups in total. The van der Waals surface area contributed by atoms with Gasteiger partial charge in [0.15, 0.2) is 5.82 Å². The molecular weight excluding hydrogens is 278 g/mol. The number of hydrogen-bond acceptors (Lipinski definition) is 6. The fraction of sp³-hybridized carbons (Fsp3) is 0.250. The molecule has 1 heterocycles. The number of rotatable bonds is 6. The Morgan fingerprint density at radius 1 is 1.38 bits per heavy atom. The van der Waals surface area contributed by atoms with Crippen LogP contribution in [-0.4, -0.2) is 37.5 Å². The van der Waals surface area contributed by atoms with E-state index in [0.717, 1.165) is 11.2 Å². The van der Waals surface area contributed by atoms with Gasteiger partial charge in [-0.15, -0.1) is 15.0 Å². The van der Waals surface area contributed by atoms with Crippen molar-refractivity contribution in [2.45, 2.75) is 13.3 Å². The molecule has 21 heavy (non-hydrogen) atoms. The van der Waals surface area contributed by atoms with Crippen LogP contribution in [-0.2, 0) is 0 Å². The van der Waals surface area contributed by atoms with Crippen molar-refractivity contribution in [2.24, 2.45) is 0 Å². The first kappa shape index (κ1) is 14.4. The number of nitro groups is 1. The molecule has 2 rings (SSSR count). The van der Waals surface area contributed by atoms with Gasteiger partial charge in [-0.05, 0) is 18.6 Å². The van der Waals surface area contributed by atoms with E-state index in [1.165, 1.54) is 24.3 Å². The maximum atomic E-state index is 11.1. The topological polar surface area (TPSA) is 123 Å². The SMILES string of the molecule is CCCNc1nn(-c2ccc([N+](=O)[O-])cc2)nc1C(=O)O. The van der Waals surface area contributed by atoms with Crippen LogP contribution in [0.2, 0.25) is 0 Å². The van der Waals surface area contributed by atoms with E-state index in [-0.39, 0.29) is 17.2 Å². The maximum Gasteiger partial charge on any atom is 0.360 e. The zero-order chi connectivity index (χ0) is 15.4. The van der Waals surface area contributed by atoms with E-state index in [0.29, 0.717) is 12.2 Å². The summed E-state index contributed by atoms with van der Waals surface area (Å²) in [5.41, 5.74) is 0.183. The quantitative estimate of drug-likeness (QED) is 0.613. The zero-order valence-electron chi connectivity index (χ0n) is 11.2. The highest BCUT2D eigenvalue weighted by Crippen LogP contribution is 2.17. The van der Waals surface area contributed by atoms with Gasteiger partial charge in [0.1, 0.15) is 0 Å². The second-order valence-electron chi connectivity index (χ2n) is 4.19. The number of non-ortho nitro benzene ring substituents is 1. The van der Waals surface area contributed by atoms with Gasteiger partial charge in [0.2, 0.25) is 5.69 Å². The van der Waals surface area contributed by atoms with Gasteiger partial charge in [0.05, 0.1) is 10.6 Å². The lowest BCUT2D eigenvalue weighted by Gasteiger charge is -2.00. The van der Waals surface area contributed by atoms with Crippen molar-refractivity contribution in [1.29, 1.82) is 0 Å². The average molecular weight is 291 g/mol. The summed E-state index contributed by atoms with van der Waals surface area (Å²) in [6, 6.07) is 5.51. The lowest BCUT2D eigenvalue weighted by molar-refractivity contribution is -0.384. The van der Waals surface area contributed by atoms with Gasteiger partial charge in [0.25, 0.3) is 5.69 Å². The zero-order valence-corrected chi connectivity index (χ0v) is 11.2. The lowest BCUT2D eigenvalue weighted by Crippen LogP contribution is -2.06. The number of aromatic carboxylic acids is 1. The summed E-state index contributed by atoms with van der Waals surface area (Å²) in [4.78, 5) is 22.3. The summed E-state index contributed by atoms with van der Waals surface area (Å²) < 4.78 is 0. The second-order valence-corrected chi connectivity index (χ2v) is 4.19. The summed E-state index contributed by atoms with van der Waals surface area (Å²) in [5, 5.41) is 30.5. The third-order valence-corrected chi connectivity index (χ3v) is 2.65. The smallest absolute Gasteiger partial charge is 0.360 e. The fourth-order valence-electron chi connectivity index (χ4n) is 1.64. The Morgan fingerprint density at radius 2 is 2.05 bits per heavy atom. The number of nitrogens with one attached hydrogen (secondary N) is 1. The summed E-state index contributed by atoms with van der Waals surface area (Å²) >= 11 is 0. The summed E-state index contributed by atoms with van der Waals surface area (Å²) in [6.45, 7) is 2.51. The van der Waals surface area contributed by atoms with Gasteiger partial charge in [-0.25, -0.2) is 4.79 Å². The minimum absolute atomic E-state index is 0.0614. The number of benzene rings is 1. The van der Waals surface area contributed by atoms with Crippen LogP contribution in [0, 0.1) is 10.1 Å². The molecule has 0 bridgehead atoms. The molecule has 0 saturated carbocycles. The van der Waals surface area contributed by atoms with Crippen molar-refractivity contribution in [2.75, 3.05) is 11.9 Å². The van der Waals surface area contributed by atoms with E-state index in [9.17, 15) is 14.9 Å². The van der Waals surface area contributed by atoms with Crippen molar-refractivity contribution in [1.82, 2.24) is 15.0 Å². The van der Waals surface area contributed by atoms with E-state index < -0.39 is 10.9 Å². The van der Waals surface area contributed by atoms with Crippen LogP contribution >= 0.6 is 0 Å².